The minimum Gasteiger partial charge on any atom is -0.383 e. The number of hydrogen-bond acceptors (Lipinski definition) is 6. The number of methoxy groups -OCH3 is 1. The van der Waals surface area contributed by atoms with Gasteiger partial charge in [0.1, 0.15) is 6.54 Å². The van der Waals surface area contributed by atoms with E-state index in [0.29, 0.717) is 31.9 Å². The van der Waals surface area contributed by atoms with Crippen LogP contribution >= 0.6 is 12.4 Å². The molecule has 1 amide bonds. The molecule has 140 valence electrons. The van der Waals surface area contributed by atoms with E-state index in [1.165, 1.54) is 22.5 Å². The Labute approximate surface area is 150 Å². The summed E-state index contributed by atoms with van der Waals surface area (Å²) < 4.78 is 8.60. The van der Waals surface area contributed by atoms with E-state index in [2.05, 4.69) is 15.6 Å². The van der Waals surface area contributed by atoms with Crippen LogP contribution in [0.4, 0.5) is 0 Å². The van der Waals surface area contributed by atoms with E-state index < -0.39 is 17.2 Å². The Balaban J connectivity index is 0.00000312. The molecule has 2 rings (SSSR count). The molecule has 0 saturated carbocycles. The normalized spacial score (nSPS) is 10.7. The number of aromatic nitrogens is 4. The number of aryl methyl sites for hydroxylation is 2. The van der Waals surface area contributed by atoms with Crippen molar-refractivity contribution in [3.05, 3.63) is 27.2 Å². The lowest BCUT2D eigenvalue weighted by Gasteiger charge is -2.09. The number of hydrogen-bond donors (Lipinski definition) is 2. The summed E-state index contributed by atoms with van der Waals surface area (Å²) in [4.78, 5) is 40.7. The van der Waals surface area contributed by atoms with Gasteiger partial charge in [-0.1, -0.05) is 0 Å². The van der Waals surface area contributed by atoms with Gasteiger partial charge in [-0.3, -0.25) is 14.2 Å². The zero-order chi connectivity index (χ0) is 17.7. The standard InChI is InChI=1S/C14H22N6O4.ClH/c1-18-9-17-12-11(18)13(22)20(14(23)19(12)2)8-10(21)16-5-4-15-6-7-24-3;/h9,15H,4-8H2,1-3H3,(H,16,21);1H. The van der Waals surface area contributed by atoms with Gasteiger partial charge in [0.05, 0.1) is 12.9 Å². The van der Waals surface area contributed by atoms with Crippen LogP contribution in [0.5, 0.6) is 0 Å². The van der Waals surface area contributed by atoms with Gasteiger partial charge in [0.25, 0.3) is 5.56 Å². The summed E-state index contributed by atoms with van der Waals surface area (Å²) in [6.07, 6.45) is 1.46. The van der Waals surface area contributed by atoms with Crippen molar-refractivity contribution in [1.29, 1.82) is 0 Å². The van der Waals surface area contributed by atoms with E-state index in [4.69, 9.17) is 4.74 Å². The third kappa shape index (κ3) is 4.68. The zero-order valence-electron chi connectivity index (χ0n) is 14.4. The van der Waals surface area contributed by atoms with Gasteiger partial charge in [0.15, 0.2) is 11.2 Å². The van der Waals surface area contributed by atoms with Crippen molar-refractivity contribution in [3.8, 4) is 0 Å². The average Bonchev–Trinajstić information content (AvgIpc) is 2.94. The Morgan fingerprint density at radius 1 is 1.24 bits per heavy atom. The highest BCUT2D eigenvalue weighted by Gasteiger charge is 2.16. The van der Waals surface area contributed by atoms with Gasteiger partial charge in [-0.2, -0.15) is 0 Å². The molecule has 0 unspecified atom stereocenters. The number of nitrogens with zero attached hydrogens (tertiary/aromatic N) is 4. The van der Waals surface area contributed by atoms with Crippen molar-refractivity contribution in [2.75, 3.05) is 33.4 Å². The molecule has 2 heterocycles. The maximum Gasteiger partial charge on any atom is 0.332 e. The first-order valence-electron chi connectivity index (χ1n) is 7.54. The maximum atomic E-state index is 12.4. The lowest BCUT2D eigenvalue weighted by atomic mass is 10.4. The number of halogens is 1. The molecular weight excluding hydrogens is 352 g/mol. The van der Waals surface area contributed by atoms with Gasteiger partial charge in [-0.15, -0.1) is 12.4 Å². The van der Waals surface area contributed by atoms with Crippen LogP contribution in [0.3, 0.4) is 0 Å². The lowest BCUT2D eigenvalue weighted by Crippen LogP contribution is -2.44. The molecule has 2 aromatic heterocycles. The Hall–Kier alpha value is -2.17. The highest BCUT2D eigenvalue weighted by molar-refractivity contribution is 5.85. The Bertz CT molecular complexity index is 840. The SMILES string of the molecule is COCCNCCNC(=O)Cn1c(=O)c2c(ncn2C)n(C)c1=O.Cl. The van der Waals surface area contributed by atoms with Crippen LogP contribution in [-0.4, -0.2) is 57.9 Å². The Kier molecular flexibility index (Phi) is 7.81. The molecular formula is C14H23ClN6O4. The van der Waals surface area contributed by atoms with E-state index in [-0.39, 0.29) is 24.5 Å². The highest BCUT2D eigenvalue weighted by atomic mass is 35.5. The van der Waals surface area contributed by atoms with Crippen molar-refractivity contribution in [3.63, 3.8) is 0 Å². The molecule has 0 aliphatic rings. The quantitative estimate of drug-likeness (QED) is 0.528. The molecule has 0 aromatic carbocycles. The fourth-order valence-electron chi connectivity index (χ4n) is 2.32. The number of rotatable bonds is 8. The van der Waals surface area contributed by atoms with Gasteiger partial charge in [0, 0.05) is 40.8 Å². The van der Waals surface area contributed by atoms with Crippen molar-refractivity contribution in [1.82, 2.24) is 29.3 Å². The zero-order valence-corrected chi connectivity index (χ0v) is 15.3. The second-order valence-electron chi connectivity index (χ2n) is 5.35. The lowest BCUT2D eigenvalue weighted by molar-refractivity contribution is -0.121. The second kappa shape index (κ2) is 9.35. The number of carbonyl (C=O) groups is 1. The van der Waals surface area contributed by atoms with Gasteiger partial charge < -0.3 is 19.9 Å². The molecule has 0 aliphatic heterocycles. The van der Waals surface area contributed by atoms with Gasteiger partial charge >= 0.3 is 5.69 Å². The van der Waals surface area contributed by atoms with Crippen LogP contribution in [0.1, 0.15) is 0 Å². The van der Waals surface area contributed by atoms with Gasteiger partial charge in [-0.25, -0.2) is 14.3 Å². The summed E-state index contributed by atoms with van der Waals surface area (Å²) in [5.41, 5.74) is -0.515. The number of fused-ring (bicyclic) bond motifs is 1. The summed E-state index contributed by atoms with van der Waals surface area (Å²) in [5, 5.41) is 5.75. The minimum absolute atomic E-state index is 0. The molecule has 0 aliphatic carbocycles. The molecule has 0 saturated heterocycles. The molecule has 2 N–H and O–H groups in total. The van der Waals surface area contributed by atoms with Crippen LogP contribution < -0.4 is 21.9 Å². The van der Waals surface area contributed by atoms with Crippen LogP contribution in [-0.2, 0) is 30.2 Å². The Morgan fingerprint density at radius 2 is 1.96 bits per heavy atom. The van der Waals surface area contributed by atoms with Crippen molar-refractivity contribution in [2.45, 2.75) is 6.54 Å². The number of nitrogens with one attached hydrogen (secondary N) is 2. The first-order valence-corrected chi connectivity index (χ1v) is 7.54. The Morgan fingerprint density at radius 3 is 2.64 bits per heavy atom. The van der Waals surface area contributed by atoms with Crippen LogP contribution in [0.25, 0.3) is 11.2 Å². The summed E-state index contributed by atoms with van der Waals surface area (Å²) >= 11 is 0. The summed E-state index contributed by atoms with van der Waals surface area (Å²) in [7, 11) is 4.79. The van der Waals surface area contributed by atoms with E-state index in [9.17, 15) is 14.4 Å². The summed E-state index contributed by atoms with van der Waals surface area (Å²) in [6.45, 7) is 1.91. The molecule has 0 radical (unpaired) electrons. The molecule has 10 nitrogen and oxygen atoms in total. The monoisotopic (exact) mass is 374 g/mol. The number of carbonyl (C=O) groups excluding carboxylic acids is 1. The van der Waals surface area contributed by atoms with E-state index in [0.717, 1.165) is 4.57 Å². The van der Waals surface area contributed by atoms with Crippen LogP contribution in [0, 0.1) is 0 Å². The number of ether oxygens (including phenoxy) is 1. The predicted molar refractivity (Wildman–Crippen MR) is 95.2 cm³/mol. The predicted octanol–water partition coefficient (Wildman–Crippen LogP) is -1.79. The van der Waals surface area contributed by atoms with Crippen molar-refractivity contribution < 1.29 is 9.53 Å². The molecule has 25 heavy (non-hydrogen) atoms. The fourth-order valence-corrected chi connectivity index (χ4v) is 2.32. The summed E-state index contributed by atoms with van der Waals surface area (Å²) in [5.74, 6) is -0.399. The first-order chi connectivity index (χ1) is 11.5. The van der Waals surface area contributed by atoms with E-state index >= 15 is 0 Å². The highest BCUT2D eigenvalue weighted by Crippen LogP contribution is 2.02. The number of imidazole rings is 1. The van der Waals surface area contributed by atoms with Crippen LogP contribution in [0.2, 0.25) is 0 Å². The molecule has 0 bridgehead atoms. The fraction of sp³-hybridized carbons (Fsp3) is 0.571. The third-order valence-corrected chi connectivity index (χ3v) is 3.61. The molecule has 0 fully saturated rings. The average molecular weight is 375 g/mol. The van der Waals surface area contributed by atoms with Gasteiger partial charge in [-0.05, 0) is 0 Å². The maximum absolute atomic E-state index is 12.4. The smallest absolute Gasteiger partial charge is 0.332 e. The minimum atomic E-state index is -0.570. The van der Waals surface area contributed by atoms with E-state index in [1.807, 2.05) is 0 Å². The first kappa shape index (κ1) is 20.9. The number of amides is 1. The van der Waals surface area contributed by atoms with Gasteiger partial charge in [0.2, 0.25) is 5.91 Å². The summed E-state index contributed by atoms with van der Waals surface area (Å²) in [6, 6.07) is 0. The van der Waals surface area contributed by atoms with E-state index in [1.54, 1.807) is 14.2 Å². The second-order valence-corrected chi connectivity index (χ2v) is 5.35. The molecule has 2 aromatic rings. The molecule has 0 atom stereocenters. The largest absolute Gasteiger partial charge is 0.383 e. The molecule has 11 heteroatoms. The topological polar surface area (TPSA) is 112 Å². The third-order valence-electron chi connectivity index (χ3n) is 3.61. The van der Waals surface area contributed by atoms with Crippen molar-refractivity contribution >= 4 is 29.5 Å². The van der Waals surface area contributed by atoms with Crippen molar-refractivity contribution in [2.24, 2.45) is 14.1 Å². The van der Waals surface area contributed by atoms with Crippen LogP contribution in [0.15, 0.2) is 15.9 Å². The molecule has 0 spiro atoms.